The van der Waals surface area contributed by atoms with E-state index in [2.05, 4.69) is 19.2 Å². The van der Waals surface area contributed by atoms with Gasteiger partial charge in [0.1, 0.15) is 0 Å². The van der Waals surface area contributed by atoms with E-state index in [0.717, 1.165) is 6.61 Å². The van der Waals surface area contributed by atoms with E-state index in [-0.39, 0.29) is 0 Å². The van der Waals surface area contributed by atoms with Crippen LogP contribution in [0.3, 0.4) is 0 Å². The Morgan fingerprint density at radius 3 is 2.31 bits per heavy atom. The van der Waals surface area contributed by atoms with Gasteiger partial charge in [0.25, 0.3) is 0 Å². The van der Waals surface area contributed by atoms with Gasteiger partial charge in [-0.2, -0.15) is 0 Å². The SMILES string of the molecule is CCC(CC)NCC1(CCOC)CCCC1. The molecule has 1 aliphatic carbocycles. The number of hydrogen-bond acceptors (Lipinski definition) is 2. The lowest BCUT2D eigenvalue weighted by Crippen LogP contribution is -2.38. The van der Waals surface area contributed by atoms with Crippen molar-refractivity contribution in [1.29, 1.82) is 0 Å². The monoisotopic (exact) mass is 227 g/mol. The lowest BCUT2D eigenvalue weighted by molar-refractivity contribution is 0.132. The average Bonchev–Trinajstić information content (AvgIpc) is 2.77. The molecule has 16 heavy (non-hydrogen) atoms. The van der Waals surface area contributed by atoms with Crippen molar-refractivity contribution in [3.8, 4) is 0 Å². The van der Waals surface area contributed by atoms with Crippen molar-refractivity contribution in [1.82, 2.24) is 5.32 Å². The largest absolute Gasteiger partial charge is 0.385 e. The van der Waals surface area contributed by atoms with Gasteiger partial charge in [0.05, 0.1) is 0 Å². The van der Waals surface area contributed by atoms with Crippen LogP contribution in [0.1, 0.15) is 58.8 Å². The molecule has 1 N–H and O–H groups in total. The van der Waals surface area contributed by atoms with E-state index in [1.165, 1.54) is 51.5 Å². The van der Waals surface area contributed by atoms with Gasteiger partial charge in [-0.3, -0.25) is 0 Å². The molecule has 1 saturated carbocycles. The molecule has 2 nitrogen and oxygen atoms in total. The first-order valence-electron chi connectivity index (χ1n) is 6.98. The average molecular weight is 227 g/mol. The maximum Gasteiger partial charge on any atom is 0.0468 e. The second kappa shape index (κ2) is 7.29. The fourth-order valence-corrected chi connectivity index (χ4v) is 2.90. The van der Waals surface area contributed by atoms with Crippen molar-refractivity contribution in [2.75, 3.05) is 20.3 Å². The molecule has 0 aromatic rings. The lowest BCUT2D eigenvalue weighted by Gasteiger charge is -2.31. The predicted molar refractivity (Wildman–Crippen MR) is 69.8 cm³/mol. The van der Waals surface area contributed by atoms with Crippen LogP contribution in [0.15, 0.2) is 0 Å². The van der Waals surface area contributed by atoms with E-state index in [9.17, 15) is 0 Å². The molecule has 0 bridgehead atoms. The van der Waals surface area contributed by atoms with Gasteiger partial charge in [-0.05, 0) is 37.5 Å². The van der Waals surface area contributed by atoms with Gasteiger partial charge in [-0.1, -0.05) is 26.7 Å². The van der Waals surface area contributed by atoms with E-state index in [1.54, 1.807) is 0 Å². The van der Waals surface area contributed by atoms with Gasteiger partial charge in [0.2, 0.25) is 0 Å². The normalized spacial score (nSPS) is 19.5. The van der Waals surface area contributed by atoms with E-state index in [4.69, 9.17) is 4.74 Å². The number of ether oxygens (including phenoxy) is 1. The summed E-state index contributed by atoms with van der Waals surface area (Å²) in [4.78, 5) is 0. The van der Waals surface area contributed by atoms with Crippen LogP contribution in [0.4, 0.5) is 0 Å². The minimum atomic E-state index is 0.540. The van der Waals surface area contributed by atoms with Gasteiger partial charge >= 0.3 is 0 Å². The molecule has 0 atom stereocenters. The Morgan fingerprint density at radius 1 is 1.19 bits per heavy atom. The Morgan fingerprint density at radius 2 is 1.81 bits per heavy atom. The molecule has 1 rings (SSSR count). The summed E-state index contributed by atoms with van der Waals surface area (Å²) in [5, 5.41) is 3.76. The van der Waals surface area contributed by atoms with E-state index in [0.29, 0.717) is 11.5 Å². The van der Waals surface area contributed by atoms with Crippen LogP contribution in [-0.2, 0) is 4.74 Å². The molecular weight excluding hydrogens is 198 g/mol. The molecule has 2 heteroatoms. The minimum absolute atomic E-state index is 0.540. The first kappa shape index (κ1) is 14.0. The predicted octanol–water partition coefficient (Wildman–Crippen LogP) is 3.36. The van der Waals surface area contributed by atoms with Crippen LogP contribution >= 0.6 is 0 Å². The lowest BCUT2D eigenvalue weighted by atomic mass is 9.82. The van der Waals surface area contributed by atoms with Crippen molar-refractivity contribution in [3.05, 3.63) is 0 Å². The molecule has 0 unspecified atom stereocenters. The van der Waals surface area contributed by atoms with Crippen LogP contribution in [0.25, 0.3) is 0 Å². The summed E-state index contributed by atoms with van der Waals surface area (Å²) in [7, 11) is 1.82. The highest BCUT2D eigenvalue weighted by atomic mass is 16.5. The molecular formula is C14H29NO. The zero-order valence-electron chi connectivity index (χ0n) is 11.3. The highest BCUT2D eigenvalue weighted by Crippen LogP contribution is 2.40. The van der Waals surface area contributed by atoms with Gasteiger partial charge in [-0.25, -0.2) is 0 Å². The van der Waals surface area contributed by atoms with Gasteiger partial charge in [0.15, 0.2) is 0 Å². The molecule has 1 fully saturated rings. The maximum atomic E-state index is 5.26. The third kappa shape index (κ3) is 4.06. The van der Waals surface area contributed by atoms with Crippen molar-refractivity contribution < 1.29 is 4.74 Å². The van der Waals surface area contributed by atoms with Gasteiger partial charge in [0, 0.05) is 26.3 Å². The fraction of sp³-hybridized carbons (Fsp3) is 1.00. The Balaban J connectivity index is 2.38. The number of hydrogen-bond donors (Lipinski definition) is 1. The van der Waals surface area contributed by atoms with Gasteiger partial charge < -0.3 is 10.1 Å². The third-order valence-corrected chi connectivity index (χ3v) is 4.25. The molecule has 1 aliphatic rings. The molecule has 0 saturated heterocycles. The number of rotatable bonds is 8. The Bertz CT molecular complexity index is 172. The standard InChI is InChI=1S/C14H29NO/c1-4-13(5-2)15-12-14(10-11-16-3)8-6-7-9-14/h13,15H,4-12H2,1-3H3. The Labute approximate surface area is 101 Å². The van der Waals surface area contributed by atoms with E-state index < -0.39 is 0 Å². The first-order chi connectivity index (χ1) is 7.76. The smallest absolute Gasteiger partial charge is 0.0468 e. The molecule has 0 heterocycles. The van der Waals surface area contributed by atoms with Crippen molar-refractivity contribution in [3.63, 3.8) is 0 Å². The van der Waals surface area contributed by atoms with Crippen molar-refractivity contribution in [2.24, 2.45) is 5.41 Å². The molecule has 0 amide bonds. The first-order valence-corrected chi connectivity index (χ1v) is 6.98. The van der Waals surface area contributed by atoms with Crippen LogP contribution in [0.2, 0.25) is 0 Å². The second-order valence-electron chi connectivity index (χ2n) is 5.34. The van der Waals surface area contributed by atoms with Crippen LogP contribution in [-0.4, -0.2) is 26.3 Å². The Kier molecular flexibility index (Phi) is 6.37. The zero-order chi connectivity index (χ0) is 11.9. The summed E-state index contributed by atoms with van der Waals surface area (Å²) in [6.07, 6.45) is 9.33. The summed E-state index contributed by atoms with van der Waals surface area (Å²) in [5.74, 6) is 0. The van der Waals surface area contributed by atoms with Crippen LogP contribution in [0, 0.1) is 5.41 Å². The summed E-state index contributed by atoms with van der Waals surface area (Å²) < 4.78 is 5.26. The van der Waals surface area contributed by atoms with Crippen LogP contribution < -0.4 is 5.32 Å². The zero-order valence-corrected chi connectivity index (χ0v) is 11.3. The molecule has 0 spiro atoms. The fourth-order valence-electron chi connectivity index (χ4n) is 2.90. The molecule has 0 aliphatic heterocycles. The molecule has 0 aromatic heterocycles. The second-order valence-corrected chi connectivity index (χ2v) is 5.34. The maximum absolute atomic E-state index is 5.26. The summed E-state index contributed by atoms with van der Waals surface area (Å²) in [6, 6.07) is 0.708. The van der Waals surface area contributed by atoms with Gasteiger partial charge in [-0.15, -0.1) is 0 Å². The quantitative estimate of drug-likeness (QED) is 0.686. The molecule has 0 radical (unpaired) electrons. The molecule has 96 valence electrons. The highest BCUT2D eigenvalue weighted by Gasteiger charge is 2.33. The highest BCUT2D eigenvalue weighted by molar-refractivity contribution is 4.87. The summed E-state index contributed by atoms with van der Waals surface area (Å²) in [5.41, 5.74) is 0.540. The Hall–Kier alpha value is -0.0800. The summed E-state index contributed by atoms with van der Waals surface area (Å²) in [6.45, 7) is 6.67. The van der Waals surface area contributed by atoms with Crippen molar-refractivity contribution in [2.45, 2.75) is 64.8 Å². The number of methoxy groups -OCH3 is 1. The summed E-state index contributed by atoms with van der Waals surface area (Å²) >= 11 is 0. The topological polar surface area (TPSA) is 21.3 Å². The van der Waals surface area contributed by atoms with E-state index in [1.807, 2.05) is 7.11 Å². The number of nitrogens with one attached hydrogen (secondary N) is 1. The minimum Gasteiger partial charge on any atom is -0.385 e. The third-order valence-electron chi connectivity index (χ3n) is 4.25. The molecule has 0 aromatic carbocycles. The van der Waals surface area contributed by atoms with Crippen molar-refractivity contribution >= 4 is 0 Å². The van der Waals surface area contributed by atoms with E-state index >= 15 is 0 Å². The van der Waals surface area contributed by atoms with Crippen LogP contribution in [0.5, 0.6) is 0 Å².